The summed E-state index contributed by atoms with van der Waals surface area (Å²) in [5, 5.41) is 9.07. The first-order valence-electron chi connectivity index (χ1n) is 7.35. The lowest BCUT2D eigenvalue weighted by Gasteiger charge is -2.08. The molecule has 0 aliphatic rings. The Bertz CT molecular complexity index is 202. The van der Waals surface area contributed by atoms with E-state index in [-0.39, 0.29) is 0 Å². The van der Waals surface area contributed by atoms with Crippen LogP contribution < -0.4 is 0 Å². The second kappa shape index (κ2) is 13.3. The number of unbranched alkanes of at least 4 members (excludes halogenated alkanes) is 7. The highest BCUT2D eigenvalue weighted by Crippen LogP contribution is 2.17. The Kier molecular flexibility index (Phi) is 12.7. The smallest absolute Gasteiger partial charge is 0.0655 e. The first-order valence-corrected chi connectivity index (χ1v) is 7.35. The summed E-state index contributed by atoms with van der Waals surface area (Å²) >= 11 is 0. The minimum atomic E-state index is 0.306. The molecule has 0 aromatic heterocycles. The molecule has 0 saturated heterocycles. The predicted octanol–water partition coefficient (Wildman–Crippen LogP) is 5.62. The maximum atomic E-state index is 9.07. The highest BCUT2D eigenvalue weighted by molar-refractivity contribution is 4.82. The molecule has 17 heavy (non-hydrogen) atoms. The van der Waals surface area contributed by atoms with Gasteiger partial charge in [-0.3, -0.25) is 0 Å². The molecule has 1 nitrogen and oxygen atoms in total. The van der Waals surface area contributed by atoms with Gasteiger partial charge in [-0.15, -0.1) is 6.58 Å². The Balaban J connectivity index is 3.37. The van der Waals surface area contributed by atoms with Crippen LogP contribution in [-0.2, 0) is 0 Å². The average Bonchev–Trinajstić information content (AvgIpc) is 2.36. The van der Waals surface area contributed by atoms with Gasteiger partial charge in [0.2, 0.25) is 0 Å². The maximum absolute atomic E-state index is 9.07. The van der Waals surface area contributed by atoms with Gasteiger partial charge in [0.15, 0.2) is 0 Å². The lowest BCUT2D eigenvalue weighted by molar-refractivity contribution is 0.480. The van der Waals surface area contributed by atoms with Crippen molar-refractivity contribution in [1.29, 1.82) is 5.26 Å². The molecule has 0 fully saturated rings. The van der Waals surface area contributed by atoms with E-state index in [0.717, 1.165) is 19.3 Å². The van der Waals surface area contributed by atoms with E-state index < -0.39 is 0 Å². The standard InChI is InChI=1S/C16H29N/c1-3-5-7-9-11-13-16(15-17)14-12-10-8-6-4-2/h3,16H,1,4-14H2,2H3. The Morgan fingerprint density at radius 1 is 1.00 bits per heavy atom. The van der Waals surface area contributed by atoms with Crippen molar-refractivity contribution in [2.45, 2.75) is 77.6 Å². The van der Waals surface area contributed by atoms with Crippen molar-refractivity contribution < 1.29 is 0 Å². The van der Waals surface area contributed by atoms with Crippen molar-refractivity contribution in [1.82, 2.24) is 0 Å². The summed E-state index contributed by atoms with van der Waals surface area (Å²) in [7, 11) is 0. The van der Waals surface area contributed by atoms with Crippen LogP contribution in [-0.4, -0.2) is 0 Å². The first kappa shape index (κ1) is 16.2. The Hall–Kier alpha value is -0.770. The Morgan fingerprint density at radius 3 is 2.12 bits per heavy atom. The van der Waals surface area contributed by atoms with Crippen molar-refractivity contribution in [3.8, 4) is 6.07 Å². The average molecular weight is 235 g/mol. The van der Waals surface area contributed by atoms with Gasteiger partial charge in [-0.1, -0.05) is 57.9 Å². The van der Waals surface area contributed by atoms with E-state index in [1.54, 1.807) is 0 Å². The number of nitrogens with zero attached hydrogens (tertiary/aromatic N) is 1. The molecule has 0 bridgehead atoms. The van der Waals surface area contributed by atoms with E-state index in [0.29, 0.717) is 5.92 Å². The van der Waals surface area contributed by atoms with Crippen LogP contribution in [0.1, 0.15) is 77.6 Å². The SMILES string of the molecule is C=CCCCCCC(C#N)CCCCCCC. The van der Waals surface area contributed by atoms with E-state index in [9.17, 15) is 0 Å². The Labute approximate surface area is 108 Å². The number of allylic oxidation sites excluding steroid dienone is 1. The van der Waals surface area contributed by atoms with Crippen LogP contribution in [0.4, 0.5) is 0 Å². The second-order valence-corrected chi connectivity index (χ2v) is 4.96. The number of hydrogen-bond donors (Lipinski definition) is 0. The summed E-state index contributed by atoms with van der Waals surface area (Å²) in [5.41, 5.74) is 0. The highest BCUT2D eigenvalue weighted by Gasteiger charge is 2.06. The molecule has 0 aromatic rings. The number of hydrogen-bond acceptors (Lipinski definition) is 1. The molecule has 0 radical (unpaired) electrons. The van der Waals surface area contributed by atoms with Crippen LogP contribution in [0.15, 0.2) is 12.7 Å². The van der Waals surface area contributed by atoms with Crippen LogP contribution >= 0.6 is 0 Å². The summed E-state index contributed by atoms with van der Waals surface area (Å²) in [6, 6.07) is 2.46. The third-order valence-corrected chi connectivity index (χ3v) is 3.30. The molecular formula is C16H29N. The van der Waals surface area contributed by atoms with Crippen molar-refractivity contribution in [3.63, 3.8) is 0 Å². The monoisotopic (exact) mass is 235 g/mol. The quantitative estimate of drug-likeness (QED) is 0.318. The summed E-state index contributed by atoms with van der Waals surface area (Å²) in [4.78, 5) is 0. The second-order valence-electron chi connectivity index (χ2n) is 4.96. The van der Waals surface area contributed by atoms with Gasteiger partial charge in [-0.2, -0.15) is 5.26 Å². The summed E-state index contributed by atoms with van der Waals surface area (Å²) in [6.45, 7) is 5.96. The zero-order valence-electron chi connectivity index (χ0n) is 11.6. The van der Waals surface area contributed by atoms with Crippen molar-refractivity contribution in [3.05, 3.63) is 12.7 Å². The van der Waals surface area contributed by atoms with Crippen molar-refractivity contribution in [2.75, 3.05) is 0 Å². The predicted molar refractivity (Wildman–Crippen MR) is 75.8 cm³/mol. The molecule has 98 valence electrons. The third kappa shape index (κ3) is 11.5. The zero-order chi connectivity index (χ0) is 12.8. The van der Waals surface area contributed by atoms with E-state index in [4.69, 9.17) is 5.26 Å². The molecule has 0 rings (SSSR count). The van der Waals surface area contributed by atoms with Crippen LogP contribution in [0.2, 0.25) is 0 Å². The van der Waals surface area contributed by atoms with E-state index in [2.05, 4.69) is 19.6 Å². The molecule has 0 aliphatic heterocycles. The van der Waals surface area contributed by atoms with Crippen molar-refractivity contribution in [2.24, 2.45) is 5.92 Å². The van der Waals surface area contributed by atoms with E-state index in [1.807, 2.05) is 6.08 Å². The number of nitriles is 1. The molecule has 0 spiro atoms. The normalized spacial score (nSPS) is 12.0. The Morgan fingerprint density at radius 2 is 1.59 bits per heavy atom. The third-order valence-electron chi connectivity index (χ3n) is 3.30. The van der Waals surface area contributed by atoms with Crippen molar-refractivity contribution >= 4 is 0 Å². The fraction of sp³-hybridized carbons (Fsp3) is 0.812. The summed E-state index contributed by atoms with van der Waals surface area (Å²) in [5.74, 6) is 0.306. The molecule has 1 unspecified atom stereocenters. The highest BCUT2D eigenvalue weighted by atomic mass is 14.3. The minimum Gasteiger partial charge on any atom is -0.198 e. The van der Waals surface area contributed by atoms with Gasteiger partial charge in [0, 0.05) is 5.92 Å². The number of rotatable bonds is 12. The fourth-order valence-electron chi connectivity index (χ4n) is 2.12. The first-order chi connectivity index (χ1) is 8.35. The van der Waals surface area contributed by atoms with Gasteiger partial charge in [0.1, 0.15) is 0 Å². The summed E-state index contributed by atoms with van der Waals surface area (Å²) in [6.07, 6.45) is 15.5. The van der Waals surface area contributed by atoms with Crippen LogP contribution in [0.25, 0.3) is 0 Å². The molecule has 0 amide bonds. The van der Waals surface area contributed by atoms with Gasteiger partial charge in [-0.05, 0) is 25.7 Å². The molecule has 0 saturated carbocycles. The molecule has 0 aromatic carbocycles. The fourth-order valence-corrected chi connectivity index (χ4v) is 2.12. The maximum Gasteiger partial charge on any atom is 0.0655 e. The molecule has 1 atom stereocenters. The van der Waals surface area contributed by atoms with Gasteiger partial charge >= 0.3 is 0 Å². The molecule has 0 N–H and O–H groups in total. The van der Waals surface area contributed by atoms with Gasteiger partial charge in [-0.25, -0.2) is 0 Å². The van der Waals surface area contributed by atoms with Crippen LogP contribution in [0, 0.1) is 17.2 Å². The summed E-state index contributed by atoms with van der Waals surface area (Å²) < 4.78 is 0. The largest absolute Gasteiger partial charge is 0.198 e. The lowest BCUT2D eigenvalue weighted by atomic mass is 9.96. The van der Waals surface area contributed by atoms with E-state index >= 15 is 0 Å². The molecule has 0 heterocycles. The molecule has 0 aliphatic carbocycles. The van der Waals surface area contributed by atoms with Gasteiger partial charge < -0.3 is 0 Å². The van der Waals surface area contributed by atoms with Gasteiger partial charge in [0.05, 0.1) is 6.07 Å². The zero-order valence-corrected chi connectivity index (χ0v) is 11.6. The minimum absolute atomic E-state index is 0.306. The van der Waals surface area contributed by atoms with Crippen LogP contribution in [0.5, 0.6) is 0 Å². The van der Waals surface area contributed by atoms with E-state index in [1.165, 1.54) is 51.4 Å². The topological polar surface area (TPSA) is 23.8 Å². The van der Waals surface area contributed by atoms with Crippen LogP contribution in [0.3, 0.4) is 0 Å². The molecule has 1 heteroatoms. The van der Waals surface area contributed by atoms with Gasteiger partial charge in [0.25, 0.3) is 0 Å². The molecular weight excluding hydrogens is 206 g/mol. The lowest BCUT2D eigenvalue weighted by Crippen LogP contribution is -1.97.